The summed E-state index contributed by atoms with van der Waals surface area (Å²) in [5.74, 6) is 7.41. The summed E-state index contributed by atoms with van der Waals surface area (Å²) < 4.78 is 29.2. The fourth-order valence-corrected chi connectivity index (χ4v) is 16.9. The number of benzene rings is 5. The van der Waals surface area contributed by atoms with Crippen molar-refractivity contribution in [3.05, 3.63) is 177 Å². The number of nitrogens with zero attached hydrogens (tertiary/aromatic N) is 4. The van der Waals surface area contributed by atoms with E-state index in [2.05, 4.69) is 175 Å². The normalized spacial score (nSPS) is 14.9. The molecule has 0 saturated carbocycles. The van der Waals surface area contributed by atoms with Gasteiger partial charge in [0.05, 0.1) is 11.7 Å². The third kappa shape index (κ3) is 7.34. The second-order valence-corrected chi connectivity index (χ2v) is 21.7. The van der Waals surface area contributed by atoms with Crippen molar-refractivity contribution in [3.63, 3.8) is 0 Å². The number of hydrogen-bond donors (Lipinski definition) is 0. The van der Waals surface area contributed by atoms with Gasteiger partial charge in [0, 0.05) is 15.3 Å². The van der Waals surface area contributed by atoms with E-state index in [0.29, 0.717) is 13.2 Å². The Balaban J connectivity index is 1.15. The molecule has 0 spiro atoms. The molecule has 5 aromatic carbocycles. The van der Waals surface area contributed by atoms with E-state index in [4.69, 9.17) is 22.2 Å². The first-order chi connectivity index (χ1) is 30.6. The molecule has 0 aliphatic carbocycles. The second kappa shape index (κ2) is 17.8. The van der Waals surface area contributed by atoms with Crippen LogP contribution in [0.5, 0.6) is 0 Å². The first kappa shape index (κ1) is 40.8. The van der Waals surface area contributed by atoms with E-state index in [9.17, 15) is 0 Å². The summed E-state index contributed by atoms with van der Waals surface area (Å²) in [5.41, 5.74) is 8.91. The van der Waals surface area contributed by atoms with Crippen LogP contribution in [-0.2, 0) is 22.7 Å². The third-order valence-corrected chi connectivity index (χ3v) is 19.5. The molecule has 0 N–H and O–H groups in total. The van der Waals surface area contributed by atoms with Crippen LogP contribution in [0.4, 0.5) is 0 Å². The van der Waals surface area contributed by atoms with Crippen LogP contribution in [0.1, 0.15) is 23.6 Å². The number of aromatic nitrogens is 4. The van der Waals surface area contributed by atoms with Gasteiger partial charge in [0.1, 0.15) is 5.52 Å². The number of rotatable bonds is 8. The maximum absolute atomic E-state index is 6.01. The van der Waals surface area contributed by atoms with E-state index in [1.165, 1.54) is 49.8 Å². The summed E-state index contributed by atoms with van der Waals surface area (Å²) >= 11 is 7.69. The first-order valence-corrected chi connectivity index (χ1v) is 26.1. The molecule has 0 unspecified atom stereocenters. The van der Waals surface area contributed by atoms with Crippen LogP contribution in [0.15, 0.2) is 168 Å². The van der Waals surface area contributed by atoms with Gasteiger partial charge in [-0.05, 0) is 31.2 Å². The van der Waals surface area contributed by atoms with Crippen molar-refractivity contribution < 1.29 is 22.7 Å². The fraction of sp³-hybridized carbons (Fsp3) is 0.0784. The van der Waals surface area contributed by atoms with Crippen molar-refractivity contribution in [2.45, 2.75) is 13.8 Å². The van der Waals surface area contributed by atoms with Crippen molar-refractivity contribution in [2.24, 2.45) is 0 Å². The van der Waals surface area contributed by atoms with Gasteiger partial charge in [-0.2, -0.15) is 8.75 Å². The zero-order chi connectivity index (χ0) is 42.0. The Labute approximate surface area is 386 Å². The average molecular weight is 1070 g/mol. The average Bonchev–Trinajstić information content (AvgIpc) is 4.19. The van der Waals surface area contributed by atoms with Gasteiger partial charge in [0.15, 0.2) is 0 Å². The molecule has 1 saturated heterocycles. The Bertz CT molecular complexity index is 3280. The monoisotopic (exact) mass is 1070 g/mol. The van der Waals surface area contributed by atoms with Crippen LogP contribution in [0, 0.1) is 16.2 Å². The van der Waals surface area contributed by atoms with E-state index in [1.807, 2.05) is 6.92 Å². The summed E-state index contributed by atoms with van der Waals surface area (Å²) in [7, 11) is -2.51. The van der Waals surface area contributed by atoms with Gasteiger partial charge >= 0.3 is 300 Å². The van der Waals surface area contributed by atoms with E-state index in [1.54, 1.807) is 40.6 Å². The molecule has 0 atom stereocenters. The standard InChI is InChI=1S/C51H35N4OPS4.Os/c1-4-15-40-24-26-46(58-40)44-29-42-43(48-50(44)54-60-52-48)30-45(51-49(42)53-61-55-51)47-27-25-41(59-47)23-22-35(28-36-32-56-31-34(36)5-2)33(3)57(37-16-9-6-10-17-37,38-18-11-7-12-19-38)39-20-13-8-14-21-39;/h4-21,24-30H,31-32H2,1-2H3;/q+1;/b15-4+,34-5?,35-33?,36-28?;. The Kier molecular flexibility index (Phi) is 11.7. The molecular weight excluding hydrogens is 1030 g/mol. The molecule has 1 aliphatic heterocycles. The van der Waals surface area contributed by atoms with Crippen molar-refractivity contribution >= 4 is 108 Å². The molecule has 4 aromatic heterocycles. The van der Waals surface area contributed by atoms with Gasteiger partial charge in [0.2, 0.25) is 0 Å². The summed E-state index contributed by atoms with van der Waals surface area (Å²) in [5, 5.41) is 6.91. The van der Waals surface area contributed by atoms with Gasteiger partial charge in [-0.3, -0.25) is 0 Å². The quantitative estimate of drug-likeness (QED) is 0.112. The van der Waals surface area contributed by atoms with Gasteiger partial charge in [-0.15, -0.1) is 11.3 Å². The Morgan fingerprint density at radius 2 is 1.18 bits per heavy atom. The molecule has 11 heteroatoms. The van der Waals surface area contributed by atoms with Crippen LogP contribution in [0.3, 0.4) is 0 Å². The summed E-state index contributed by atoms with van der Waals surface area (Å²) in [6.45, 7) is 5.25. The van der Waals surface area contributed by atoms with Gasteiger partial charge in [0.25, 0.3) is 0 Å². The van der Waals surface area contributed by atoms with Crippen molar-refractivity contribution in [3.8, 4) is 37.1 Å². The number of fused-ring (bicyclic) bond motifs is 5. The minimum absolute atomic E-state index is 0.536. The van der Waals surface area contributed by atoms with Crippen molar-refractivity contribution in [2.75, 3.05) is 13.2 Å². The third-order valence-electron chi connectivity index (χ3n) is 11.0. The van der Waals surface area contributed by atoms with Crippen LogP contribution in [-0.4, -0.2) is 30.7 Å². The zero-order valence-corrected chi connectivity index (χ0v) is 40.2. The molecule has 62 heavy (non-hydrogen) atoms. The predicted octanol–water partition coefficient (Wildman–Crippen LogP) is 12.3. The Morgan fingerprint density at radius 3 is 1.73 bits per heavy atom. The molecule has 5 heterocycles. The van der Waals surface area contributed by atoms with Crippen LogP contribution >= 0.6 is 53.4 Å². The van der Waals surface area contributed by atoms with E-state index in [0.717, 1.165) is 75.1 Å². The van der Waals surface area contributed by atoms with Gasteiger partial charge in [-0.1, -0.05) is 6.08 Å². The van der Waals surface area contributed by atoms with Crippen LogP contribution < -0.4 is 15.9 Å². The van der Waals surface area contributed by atoms with Gasteiger partial charge in [-0.25, -0.2) is 0 Å². The van der Waals surface area contributed by atoms with Crippen molar-refractivity contribution in [1.82, 2.24) is 17.5 Å². The number of thiophene rings is 2. The van der Waals surface area contributed by atoms with E-state index < -0.39 is 7.26 Å². The Hall–Kier alpha value is -5.27. The molecule has 1 fully saturated rings. The number of hydrogen-bond acceptors (Lipinski definition) is 9. The Morgan fingerprint density at radius 1 is 0.645 bits per heavy atom. The minimum atomic E-state index is -2.51. The SMILES string of the molecule is CC=C1COCC1=CC(C#Cc1ccc(-c2cc3c(cc(-c4ccc(/C=C/C)s4)c4nsnc43)c3nsnc23)s1)=C([C]#[Os])[P+](c1ccccc1)(c1ccccc1)c1ccccc1. The molecule has 5 nitrogen and oxygen atoms in total. The zero-order valence-electron chi connectivity index (χ0n) is 33.5. The van der Waals surface area contributed by atoms with Gasteiger partial charge < -0.3 is 0 Å². The number of allylic oxidation sites excluding steroid dienone is 5. The topological polar surface area (TPSA) is 60.8 Å². The van der Waals surface area contributed by atoms with Crippen molar-refractivity contribution in [1.29, 1.82) is 0 Å². The molecule has 9 aromatic rings. The molecule has 1 aliphatic rings. The molecule has 301 valence electrons. The molecule has 0 bridgehead atoms. The number of ether oxygens (including phenoxy) is 1. The summed E-state index contributed by atoms with van der Waals surface area (Å²) in [6, 6.07) is 45.8. The maximum atomic E-state index is 6.01. The molecule has 0 amide bonds. The molecule has 10 rings (SSSR count). The molecular formula is C51H35N4OOsPS4+. The van der Waals surface area contributed by atoms with E-state index in [-0.39, 0.29) is 0 Å². The summed E-state index contributed by atoms with van der Waals surface area (Å²) in [6.07, 6.45) is 8.61. The summed E-state index contributed by atoms with van der Waals surface area (Å²) in [4.78, 5) is 4.38. The fourth-order valence-electron chi connectivity index (χ4n) is 8.14. The van der Waals surface area contributed by atoms with E-state index >= 15 is 0 Å². The first-order valence-electron chi connectivity index (χ1n) is 19.9. The van der Waals surface area contributed by atoms with Crippen LogP contribution in [0.2, 0.25) is 0 Å². The second-order valence-electron chi connectivity index (χ2n) is 14.5. The molecule has 0 radical (unpaired) electrons. The predicted molar refractivity (Wildman–Crippen MR) is 263 cm³/mol. The van der Waals surface area contributed by atoms with Crippen LogP contribution in [0.25, 0.3) is 59.8 Å².